The van der Waals surface area contributed by atoms with E-state index in [2.05, 4.69) is 41.2 Å². The van der Waals surface area contributed by atoms with E-state index < -0.39 is 0 Å². The number of hydrogen-bond donors (Lipinski definition) is 0. The molecule has 0 spiro atoms. The highest BCUT2D eigenvalue weighted by atomic mass is 16.5. The molecular weight excluding hydrogens is 296 g/mol. The summed E-state index contributed by atoms with van der Waals surface area (Å²) in [5.74, 6) is 0.917. The summed E-state index contributed by atoms with van der Waals surface area (Å²) in [6.45, 7) is 6.01. The SMILES string of the molecule is CC.COc1cc(C)nc2ccc(C3=CC4CCC(C3)N4C)cc12. The van der Waals surface area contributed by atoms with Crippen LogP contribution >= 0.6 is 0 Å². The second-order valence-corrected chi connectivity index (χ2v) is 6.56. The van der Waals surface area contributed by atoms with Crippen molar-refractivity contribution in [3.8, 4) is 5.75 Å². The van der Waals surface area contributed by atoms with Gasteiger partial charge in [0.15, 0.2) is 0 Å². The van der Waals surface area contributed by atoms with Crippen LogP contribution in [-0.4, -0.2) is 36.1 Å². The molecule has 0 N–H and O–H groups in total. The van der Waals surface area contributed by atoms with Crippen LogP contribution in [-0.2, 0) is 0 Å². The van der Waals surface area contributed by atoms with Crippen molar-refractivity contribution in [1.82, 2.24) is 9.88 Å². The molecule has 1 fully saturated rings. The van der Waals surface area contributed by atoms with Crippen molar-refractivity contribution in [3.63, 3.8) is 0 Å². The molecule has 2 aliphatic heterocycles. The molecule has 2 aromatic rings. The van der Waals surface area contributed by atoms with E-state index in [4.69, 9.17) is 4.74 Å². The maximum absolute atomic E-state index is 5.55. The van der Waals surface area contributed by atoms with Crippen LogP contribution in [0.5, 0.6) is 5.75 Å². The highest BCUT2D eigenvalue weighted by Crippen LogP contribution is 2.38. The smallest absolute Gasteiger partial charge is 0.130 e. The third-order valence-corrected chi connectivity index (χ3v) is 5.23. The number of benzene rings is 1. The molecule has 0 radical (unpaired) electrons. The van der Waals surface area contributed by atoms with E-state index in [1.807, 2.05) is 26.8 Å². The van der Waals surface area contributed by atoms with Crippen LogP contribution in [0, 0.1) is 6.92 Å². The summed E-state index contributed by atoms with van der Waals surface area (Å²) < 4.78 is 5.55. The molecular formula is C21H28N2O. The third kappa shape index (κ3) is 2.93. The number of methoxy groups -OCH3 is 1. The summed E-state index contributed by atoms with van der Waals surface area (Å²) in [5.41, 5.74) is 4.81. The predicted octanol–water partition coefficient (Wildman–Crippen LogP) is 4.83. The molecule has 2 atom stereocenters. The first-order valence-corrected chi connectivity index (χ1v) is 9.04. The lowest BCUT2D eigenvalue weighted by molar-refractivity contribution is 0.264. The van der Waals surface area contributed by atoms with Crippen LogP contribution in [0.25, 0.3) is 16.5 Å². The average molecular weight is 324 g/mol. The Balaban J connectivity index is 0.000000815. The molecule has 1 aromatic heterocycles. The number of pyridine rings is 1. The van der Waals surface area contributed by atoms with Crippen LogP contribution in [0.3, 0.4) is 0 Å². The van der Waals surface area contributed by atoms with Gasteiger partial charge in [-0.05, 0) is 56.5 Å². The number of ether oxygens (including phenoxy) is 1. The molecule has 1 saturated heterocycles. The number of nitrogens with zero attached hydrogens (tertiary/aromatic N) is 2. The van der Waals surface area contributed by atoms with E-state index in [9.17, 15) is 0 Å². The van der Waals surface area contributed by atoms with Crippen molar-refractivity contribution in [1.29, 1.82) is 0 Å². The molecule has 3 heteroatoms. The van der Waals surface area contributed by atoms with Crippen LogP contribution in [0.15, 0.2) is 30.3 Å². The molecule has 3 nitrogen and oxygen atoms in total. The first-order chi connectivity index (χ1) is 11.7. The van der Waals surface area contributed by atoms with Crippen molar-refractivity contribution in [2.24, 2.45) is 0 Å². The molecule has 2 aliphatic rings. The normalized spacial score (nSPS) is 22.8. The minimum Gasteiger partial charge on any atom is -0.496 e. The van der Waals surface area contributed by atoms with Crippen molar-refractivity contribution in [2.75, 3.05) is 14.2 Å². The molecule has 0 aliphatic carbocycles. The highest BCUT2D eigenvalue weighted by molar-refractivity contribution is 5.89. The summed E-state index contributed by atoms with van der Waals surface area (Å²) >= 11 is 0. The Kier molecular flexibility index (Phi) is 4.91. The van der Waals surface area contributed by atoms with Gasteiger partial charge in [0.05, 0.1) is 12.6 Å². The molecule has 0 saturated carbocycles. The average Bonchev–Trinajstić information content (AvgIpc) is 2.83. The van der Waals surface area contributed by atoms with Gasteiger partial charge in [-0.25, -0.2) is 0 Å². The van der Waals surface area contributed by atoms with Crippen molar-refractivity contribution >= 4 is 16.5 Å². The van der Waals surface area contributed by atoms with Crippen molar-refractivity contribution in [2.45, 2.75) is 52.1 Å². The molecule has 4 rings (SSSR count). The van der Waals surface area contributed by atoms with Gasteiger partial charge in [0.1, 0.15) is 5.75 Å². The zero-order valence-electron chi connectivity index (χ0n) is 15.5. The largest absolute Gasteiger partial charge is 0.496 e. The van der Waals surface area contributed by atoms with Gasteiger partial charge < -0.3 is 4.74 Å². The Morgan fingerprint density at radius 2 is 1.96 bits per heavy atom. The lowest BCUT2D eigenvalue weighted by atomic mass is 9.94. The maximum atomic E-state index is 5.55. The second kappa shape index (κ2) is 6.94. The highest BCUT2D eigenvalue weighted by Gasteiger charge is 2.33. The van der Waals surface area contributed by atoms with Gasteiger partial charge in [-0.2, -0.15) is 0 Å². The Hall–Kier alpha value is -1.87. The first-order valence-electron chi connectivity index (χ1n) is 9.04. The third-order valence-electron chi connectivity index (χ3n) is 5.23. The molecule has 2 unspecified atom stereocenters. The van der Waals surface area contributed by atoms with E-state index in [0.717, 1.165) is 28.8 Å². The molecule has 128 valence electrons. The van der Waals surface area contributed by atoms with Gasteiger partial charge >= 0.3 is 0 Å². The Labute approximate surface area is 145 Å². The molecule has 24 heavy (non-hydrogen) atoms. The summed E-state index contributed by atoms with van der Waals surface area (Å²) in [6, 6.07) is 9.92. The fourth-order valence-corrected chi connectivity index (χ4v) is 3.95. The molecule has 1 aromatic carbocycles. The van der Waals surface area contributed by atoms with Gasteiger partial charge in [0.25, 0.3) is 0 Å². The maximum Gasteiger partial charge on any atom is 0.130 e. The number of aryl methyl sites for hydroxylation is 1. The number of fused-ring (bicyclic) bond motifs is 3. The number of aromatic nitrogens is 1. The van der Waals surface area contributed by atoms with Gasteiger partial charge in [-0.1, -0.05) is 26.0 Å². The lowest BCUT2D eigenvalue weighted by Crippen LogP contribution is -2.34. The first kappa shape index (κ1) is 17.0. The molecule has 2 bridgehead atoms. The number of hydrogen-bond acceptors (Lipinski definition) is 3. The van der Waals surface area contributed by atoms with E-state index >= 15 is 0 Å². The standard InChI is InChI=1S/C19H22N2O.C2H6/c1-12-8-19(22-3)17-11-13(4-7-18(17)20-12)14-9-15-5-6-16(10-14)21(15)2;1-2/h4,7-9,11,15-16H,5-6,10H2,1-3H3;1-2H3. The van der Waals surface area contributed by atoms with Crippen LogP contribution in [0.4, 0.5) is 0 Å². The van der Waals surface area contributed by atoms with Gasteiger partial charge in [0, 0.05) is 29.2 Å². The minimum absolute atomic E-state index is 0.613. The number of likely N-dealkylation sites (N-methyl/N-ethyl adjacent to an activating group) is 1. The molecule has 3 heterocycles. The summed E-state index contributed by atoms with van der Waals surface area (Å²) in [7, 11) is 3.99. The Morgan fingerprint density at radius 3 is 2.67 bits per heavy atom. The fraction of sp³-hybridized carbons (Fsp3) is 0.476. The van der Waals surface area contributed by atoms with Crippen LogP contribution < -0.4 is 4.74 Å². The topological polar surface area (TPSA) is 25.4 Å². The number of rotatable bonds is 2. The summed E-state index contributed by atoms with van der Waals surface area (Å²) in [6.07, 6.45) is 6.22. The fourth-order valence-electron chi connectivity index (χ4n) is 3.95. The van der Waals surface area contributed by atoms with Gasteiger partial charge in [-0.15, -0.1) is 0 Å². The van der Waals surface area contributed by atoms with Crippen molar-refractivity contribution in [3.05, 3.63) is 41.6 Å². The van der Waals surface area contributed by atoms with Crippen LogP contribution in [0.1, 0.15) is 44.4 Å². The summed E-state index contributed by atoms with van der Waals surface area (Å²) in [4.78, 5) is 7.14. The lowest BCUT2D eigenvalue weighted by Gasteiger charge is -2.30. The second-order valence-electron chi connectivity index (χ2n) is 6.56. The van der Waals surface area contributed by atoms with E-state index in [-0.39, 0.29) is 0 Å². The van der Waals surface area contributed by atoms with E-state index in [1.165, 1.54) is 24.0 Å². The Bertz CT molecular complexity index is 766. The monoisotopic (exact) mass is 324 g/mol. The minimum atomic E-state index is 0.613. The van der Waals surface area contributed by atoms with Crippen LogP contribution in [0.2, 0.25) is 0 Å². The Morgan fingerprint density at radius 1 is 1.17 bits per heavy atom. The summed E-state index contributed by atoms with van der Waals surface area (Å²) in [5, 5.41) is 1.11. The molecule has 0 amide bonds. The quantitative estimate of drug-likeness (QED) is 0.791. The van der Waals surface area contributed by atoms with Gasteiger partial charge in [0.2, 0.25) is 0 Å². The van der Waals surface area contributed by atoms with Gasteiger partial charge in [-0.3, -0.25) is 9.88 Å². The van der Waals surface area contributed by atoms with E-state index in [1.54, 1.807) is 7.11 Å². The predicted molar refractivity (Wildman–Crippen MR) is 102 cm³/mol. The zero-order chi connectivity index (χ0) is 17.3. The van der Waals surface area contributed by atoms with Crippen molar-refractivity contribution < 1.29 is 4.74 Å². The zero-order valence-corrected chi connectivity index (χ0v) is 15.5. The van der Waals surface area contributed by atoms with E-state index in [0.29, 0.717) is 12.1 Å².